The Balaban J connectivity index is 2.20. The Kier molecular flexibility index (Phi) is 6.61. The van der Waals surface area contributed by atoms with Gasteiger partial charge in [0, 0.05) is 38.8 Å². The summed E-state index contributed by atoms with van der Waals surface area (Å²) < 4.78 is 40.3. The molecule has 8 heteroatoms. The van der Waals surface area contributed by atoms with Gasteiger partial charge < -0.3 is 5.11 Å². The lowest BCUT2D eigenvalue weighted by Crippen LogP contribution is -2.55. The van der Waals surface area contributed by atoms with Crippen molar-refractivity contribution in [2.75, 3.05) is 32.8 Å². The highest BCUT2D eigenvalue weighted by atomic mass is 35.5. The number of aliphatic hydroxyl groups is 1. The summed E-state index contributed by atoms with van der Waals surface area (Å²) >= 11 is 5.72. The molecule has 1 aromatic carbocycles. The highest BCUT2D eigenvalue weighted by molar-refractivity contribution is 7.89. The Hall–Kier alpha value is -0.730. The number of nitrogens with zero attached hydrogens (tertiary/aromatic N) is 2. The predicted molar refractivity (Wildman–Crippen MR) is 92.1 cm³/mol. The van der Waals surface area contributed by atoms with Gasteiger partial charge in [0.15, 0.2) is 0 Å². The molecule has 1 aliphatic heterocycles. The third-order valence-electron chi connectivity index (χ3n) is 4.16. The molecule has 1 saturated heterocycles. The van der Waals surface area contributed by atoms with E-state index in [0.29, 0.717) is 32.0 Å². The molecule has 0 bridgehead atoms. The Bertz CT molecular complexity index is 669. The first-order valence-corrected chi connectivity index (χ1v) is 9.87. The van der Waals surface area contributed by atoms with E-state index < -0.39 is 15.8 Å². The molecule has 0 amide bonds. The number of aliphatic hydroxyl groups excluding tert-OH is 1. The molecule has 1 heterocycles. The highest BCUT2D eigenvalue weighted by Crippen LogP contribution is 2.25. The fourth-order valence-corrected chi connectivity index (χ4v) is 4.74. The van der Waals surface area contributed by atoms with Crippen LogP contribution < -0.4 is 0 Å². The summed E-state index contributed by atoms with van der Waals surface area (Å²) in [4.78, 5) is 2.22. The van der Waals surface area contributed by atoms with Crippen molar-refractivity contribution in [1.29, 1.82) is 0 Å². The molecule has 1 unspecified atom stereocenters. The summed E-state index contributed by atoms with van der Waals surface area (Å²) in [7, 11) is -3.73. The Morgan fingerprint density at radius 3 is 2.67 bits per heavy atom. The summed E-state index contributed by atoms with van der Waals surface area (Å²) in [6.45, 7) is 6.38. The van der Waals surface area contributed by atoms with Crippen molar-refractivity contribution < 1.29 is 17.9 Å². The van der Waals surface area contributed by atoms with Crippen LogP contribution in [-0.4, -0.2) is 61.6 Å². The first kappa shape index (κ1) is 19.6. The molecule has 1 fully saturated rings. The summed E-state index contributed by atoms with van der Waals surface area (Å²) in [5, 5.41) is 9.08. The normalized spacial score (nSPS) is 20.7. The van der Waals surface area contributed by atoms with E-state index in [-0.39, 0.29) is 22.6 Å². The number of rotatable bonds is 6. The number of halogens is 2. The van der Waals surface area contributed by atoms with Gasteiger partial charge in [-0.15, -0.1) is 0 Å². The molecule has 24 heavy (non-hydrogen) atoms. The second-order valence-electron chi connectivity index (χ2n) is 6.49. The number of benzene rings is 1. The van der Waals surface area contributed by atoms with E-state index >= 15 is 0 Å². The third-order valence-corrected chi connectivity index (χ3v) is 6.31. The standard InChI is InChI=1S/C16H24ClFN2O3S/c1-12(2)10-19-6-7-20(11-13(19)5-8-21)24(22,23)14-3-4-16(18)15(17)9-14/h3-4,9,12-13,21H,5-8,10-11H2,1-2H3. The number of hydrogen-bond acceptors (Lipinski definition) is 4. The number of sulfonamides is 1. The van der Waals surface area contributed by atoms with Gasteiger partial charge in [0.1, 0.15) is 5.82 Å². The van der Waals surface area contributed by atoms with Crippen molar-refractivity contribution in [2.45, 2.75) is 31.2 Å². The van der Waals surface area contributed by atoms with Crippen LogP contribution in [0, 0.1) is 11.7 Å². The van der Waals surface area contributed by atoms with Crippen LogP contribution in [-0.2, 0) is 10.0 Å². The molecule has 0 saturated carbocycles. The zero-order valence-corrected chi connectivity index (χ0v) is 15.5. The van der Waals surface area contributed by atoms with Gasteiger partial charge in [-0.25, -0.2) is 12.8 Å². The van der Waals surface area contributed by atoms with E-state index in [2.05, 4.69) is 18.7 Å². The van der Waals surface area contributed by atoms with E-state index in [4.69, 9.17) is 11.6 Å². The number of hydrogen-bond donors (Lipinski definition) is 1. The van der Waals surface area contributed by atoms with Crippen LogP contribution in [0.1, 0.15) is 20.3 Å². The van der Waals surface area contributed by atoms with Crippen LogP contribution in [0.15, 0.2) is 23.1 Å². The van der Waals surface area contributed by atoms with E-state index in [1.165, 1.54) is 10.4 Å². The largest absolute Gasteiger partial charge is 0.396 e. The van der Waals surface area contributed by atoms with E-state index in [0.717, 1.165) is 18.7 Å². The predicted octanol–water partition coefficient (Wildman–Crippen LogP) is 2.19. The van der Waals surface area contributed by atoms with Crippen LogP contribution in [0.3, 0.4) is 0 Å². The first-order chi connectivity index (χ1) is 11.3. The maximum Gasteiger partial charge on any atom is 0.243 e. The van der Waals surface area contributed by atoms with E-state index in [1.54, 1.807) is 0 Å². The van der Waals surface area contributed by atoms with Crippen LogP contribution in [0.5, 0.6) is 0 Å². The maximum absolute atomic E-state index is 13.3. The Morgan fingerprint density at radius 2 is 2.08 bits per heavy atom. The Labute approximate surface area is 148 Å². The molecule has 1 atom stereocenters. The lowest BCUT2D eigenvalue weighted by Gasteiger charge is -2.41. The van der Waals surface area contributed by atoms with Gasteiger partial charge in [0.25, 0.3) is 0 Å². The van der Waals surface area contributed by atoms with Gasteiger partial charge in [-0.3, -0.25) is 4.90 Å². The van der Waals surface area contributed by atoms with Gasteiger partial charge in [-0.1, -0.05) is 25.4 Å². The SMILES string of the molecule is CC(C)CN1CCN(S(=O)(=O)c2ccc(F)c(Cl)c2)CC1CCO. The van der Waals surface area contributed by atoms with E-state index in [1.807, 2.05) is 0 Å². The van der Waals surface area contributed by atoms with Crippen LogP contribution >= 0.6 is 11.6 Å². The quantitative estimate of drug-likeness (QED) is 0.824. The topological polar surface area (TPSA) is 60.9 Å². The average molecular weight is 379 g/mol. The fourth-order valence-electron chi connectivity index (χ4n) is 3.00. The smallest absolute Gasteiger partial charge is 0.243 e. The third kappa shape index (κ3) is 4.46. The molecule has 1 aliphatic rings. The Morgan fingerprint density at radius 1 is 1.38 bits per heavy atom. The van der Waals surface area contributed by atoms with Gasteiger partial charge >= 0.3 is 0 Å². The molecule has 1 N–H and O–H groups in total. The average Bonchev–Trinajstić information content (AvgIpc) is 2.51. The molecule has 0 radical (unpaired) electrons. The minimum absolute atomic E-state index is 0.00559. The van der Waals surface area contributed by atoms with Gasteiger partial charge in [-0.2, -0.15) is 4.31 Å². The highest BCUT2D eigenvalue weighted by Gasteiger charge is 2.34. The van der Waals surface area contributed by atoms with Crippen LogP contribution in [0.2, 0.25) is 5.02 Å². The van der Waals surface area contributed by atoms with Crippen molar-refractivity contribution in [3.63, 3.8) is 0 Å². The molecule has 0 aromatic heterocycles. The van der Waals surface area contributed by atoms with Crippen molar-refractivity contribution in [2.24, 2.45) is 5.92 Å². The first-order valence-electron chi connectivity index (χ1n) is 8.05. The zero-order valence-electron chi connectivity index (χ0n) is 14.0. The minimum Gasteiger partial charge on any atom is -0.396 e. The van der Waals surface area contributed by atoms with Crippen molar-refractivity contribution in [1.82, 2.24) is 9.21 Å². The van der Waals surface area contributed by atoms with Crippen LogP contribution in [0.4, 0.5) is 4.39 Å². The maximum atomic E-state index is 13.3. The molecule has 1 aromatic rings. The van der Waals surface area contributed by atoms with Gasteiger partial charge in [0.2, 0.25) is 10.0 Å². The van der Waals surface area contributed by atoms with Gasteiger partial charge in [0.05, 0.1) is 9.92 Å². The molecule has 2 rings (SSSR count). The summed E-state index contributed by atoms with van der Waals surface area (Å²) in [5.74, 6) is -0.180. The lowest BCUT2D eigenvalue weighted by molar-refractivity contribution is 0.0853. The summed E-state index contributed by atoms with van der Waals surface area (Å²) in [6, 6.07) is 3.42. The zero-order chi connectivity index (χ0) is 17.9. The van der Waals surface area contributed by atoms with Crippen molar-refractivity contribution >= 4 is 21.6 Å². The second-order valence-corrected chi connectivity index (χ2v) is 8.84. The lowest BCUT2D eigenvalue weighted by atomic mass is 10.1. The monoisotopic (exact) mass is 378 g/mol. The fraction of sp³-hybridized carbons (Fsp3) is 0.625. The van der Waals surface area contributed by atoms with Gasteiger partial charge in [-0.05, 0) is 30.5 Å². The number of piperazine rings is 1. The summed E-state index contributed by atoms with van der Waals surface area (Å²) in [5.41, 5.74) is 0. The molecule has 0 spiro atoms. The van der Waals surface area contributed by atoms with Crippen molar-refractivity contribution in [3.05, 3.63) is 29.0 Å². The van der Waals surface area contributed by atoms with Crippen molar-refractivity contribution in [3.8, 4) is 0 Å². The second kappa shape index (κ2) is 8.10. The molecule has 5 nitrogen and oxygen atoms in total. The van der Waals surface area contributed by atoms with E-state index in [9.17, 15) is 17.9 Å². The summed E-state index contributed by atoms with van der Waals surface area (Å²) in [6.07, 6.45) is 0.517. The molecule has 0 aliphatic carbocycles. The molecule has 136 valence electrons. The molecular formula is C16H24ClFN2O3S. The van der Waals surface area contributed by atoms with Crippen LogP contribution in [0.25, 0.3) is 0 Å². The minimum atomic E-state index is -3.73. The molecular weight excluding hydrogens is 355 g/mol.